The second kappa shape index (κ2) is 5.63. The topological polar surface area (TPSA) is 60.2 Å². The lowest BCUT2D eigenvalue weighted by Gasteiger charge is -2.11. The van der Waals surface area contributed by atoms with Crippen LogP contribution in [0.5, 0.6) is 0 Å². The third-order valence-electron chi connectivity index (χ3n) is 2.92. The number of carbonyl (C=O) groups excluding carboxylic acids is 1. The van der Waals surface area contributed by atoms with E-state index in [0.29, 0.717) is 19.3 Å². The summed E-state index contributed by atoms with van der Waals surface area (Å²) in [6, 6.07) is 0. The number of hydrogen-bond donors (Lipinski definition) is 0. The van der Waals surface area contributed by atoms with Gasteiger partial charge in [0.15, 0.2) is 0 Å². The van der Waals surface area contributed by atoms with E-state index in [1.807, 2.05) is 19.1 Å². The number of carbonyl (C=O) groups is 1. The molecule has 0 amide bonds. The van der Waals surface area contributed by atoms with Crippen molar-refractivity contribution in [1.29, 1.82) is 0 Å². The third kappa shape index (κ3) is 3.46. The van der Waals surface area contributed by atoms with Crippen LogP contribution >= 0.6 is 0 Å². The molecule has 1 fully saturated rings. The minimum Gasteiger partial charge on any atom is -0.299 e. The Kier molecular flexibility index (Phi) is 4.46. The highest BCUT2D eigenvalue weighted by molar-refractivity contribution is 5.83. The fourth-order valence-electron chi connectivity index (χ4n) is 2.12. The van der Waals surface area contributed by atoms with Crippen molar-refractivity contribution in [2.45, 2.75) is 32.6 Å². The monoisotopic (exact) mass is 211 g/mol. The maximum Gasteiger partial charge on any atom is 0.207 e. The Morgan fingerprint density at radius 1 is 1.53 bits per heavy atom. The van der Waals surface area contributed by atoms with Gasteiger partial charge >= 0.3 is 0 Å². The lowest BCUT2D eigenvalue weighted by Crippen LogP contribution is -2.21. The summed E-state index contributed by atoms with van der Waals surface area (Å²) >= 11 is 0. The molecule has 15 heavy (non-hydrogen) atoms. The Morgan fingerprint density at radius 2 is 2.27 bits per heavy atom. The minimum atomic E-state index is -0.306. The van der Waals surface area contributed by atoms with Crippen molar-refractivity contribution in [2.24, 2.45) is 11.8 Å². The number of hydrogen-bond acceptors (Lipinski definition) is 3. The summed E-state index contributed by atoms with van der Waals surface area (Å²) in [5.41, 5.74) is 0. The first-order valence-corrected chi connectivity index (χ1v) is 5.44. The molecule has 4 heteroatoms. The maximum atomic E-state index is 11.5. The van der Waals surface area contributed by atoms with Crippen LogP contribution in [0.2, 0.25) is 0 Å². The van der Waals surface area contributed by atoms with Crippen molar-refractivity contribution in [3.05, 3.63) is 22.3 Å². The summed E-state index contributed by atoms with van der Waals surface area (Å²) in [5, 5.41) is 10.4. The van der Waals surface area contributed by atoms with Crippen LogP contribution in [0.15, 0.2) is 12.2 Å². The second-order valence-corrected chi connectivity index (χ2v) is 4.00. The molecule has 1 saturated carbocycles. The Morgan fingerprint density at radius 3 is 2.87 bits per heavy atom. The summed E-state index contributed by atoms with van der Waals surface area (Å²) in [5.74, 6) is 0.0369. The van der Waals surface area contributed by atoms with E-state index in [0.717, 1.165) is 6.42 Å². The van der Waals surface area contributed by atoms with Gasteiger partial charge in [0, 0.05) is 23.2 Å². The fourth-order valence-corrected chi connectivity index (χ4v) is 2.12. The first-order chi connectivity index (χ1) is 7.15. The molecular formula is C11H17NO3. The van der Waals surface area contributed by atoms with Crippen LogP contribution in [0.1, 0.15) is 32.6 Å². The molecule has 0 aromatic heterocycles. The third-order valence-corrected chi connectivity index (χ3v) is 2.92. The zero-order chi connectivity index (χ0) is 11.3. The van der Waals surface area contributed by atoms with E-state index in [4.69, 9.17) is 0 Å². The van der Waals surface area contributed by atoms with Crippen LogP contribution in [0.4, 0.5) is 0 Å². The van der Waals surface area contributed by atoms with Crippen molar-refractivity contribution < 1.29 is 9.72 Å². The van der Waals surface area contributed by atoms with Gasteiger partial charge in [-0.3, -0.25) is 14.9 Å². The largest absolute Gasteiger partial charge is 0.299 e. The van der Waals surface area contributed by atoms with E-state index >= 15 is 0 Å². The van der Waals surface area contributed by atoms with Crippen molar-refractivity contribution in [1.82, 2.24) is 0 Å². The molecule has 1 aliphatic carbocycles. The van der Waals surface area contributed by atoms with Crippen LogP contribution in [0, 0.1) is 22.0 Å². The molecule has 84 valence electrons. The van der Waals surface area contributed by atoms with Crippen LogP contribution < -0.4 is 0 Å². The number of allylic oxidation sites excluding steroid dienone is 2. The van der Waals surface area contributed by atoms with E-state index < -0.39 is 0 Å². The molecule has 0 bridgehead atoms. The van der Waals surface area contributed by atoms with Gasteiger partial charge in [-0.25, -0.2) is 0 Å². The second-order valence-electron chi connectivity index (χ2n) is 4.00. The predicted molar refractivity (Wildman–Crippen MR) is 57.1 cm³/mol. The molecule has 0 aromatic rings. The lowest BCUT2D eigenvalue weighted by molar-refractivity contribution is -0.489. The minimum absolute atomic E-state index is 0.0472. The summed E-state index contributed by atoms with van der Waals surface area (Å²) in [6.07, 6.45) is 6.80. The molecule has 0 spiro atoms. The molecule has 0 heterocycles. The van der Waals surface area contributed by atoms with Crippen molar-refractivity contribution in [3.63, 3.8) is 0 Å². The first kappa shape index (κ1) is 11.9. The molecule has 4 nitrogen and oxygen atoms in total. The molecular weight excluding hydrogens is 194 g/mol. The van der Waals surface area contributed by atoms with Gasteiger partial charge < -0.3 is 0 Å². The van der Waals surface area contributed by atoms with E-state index in [1.54, 1.807) is 0 Å². The zero-order valence-corrected chi connectivity index (χ0v) is 9.02. The van der Waals surface area contributed by atoms with Crippen LogP contribution in [0.3, 0.4) is 0 Å². The number of rotatable bonds is 5. The highest BCUT2D eigenvalue weighted by Gasteiger charge is 2.36. The molecule has 0 radical (unpaired) electrons. The average Bonchev–Trinajstić information content (AvgIpc) is 2.49. The van der Waals surface area contributed by atoms with E-state index in [9.17, 15) is 14.9 Å². The molecule has 0 saturated heterocycles. The summed E-state index contributed by atoms with van der Waals surface area (Å²) in [4.78, 5) is 21.6. The van der Waals surface area contributed by atoms with Crippen molar-refractivity contribution in [2.75, 3.05) is 6.54 Å². The van der Waals surface area contributed by atoms with Gasteiger partial charge in [0.2, 0.25) is 6.54 Å². The van der Waals surface area contributed by atoms with E-state index in [2.05, 4.69) is 0 Å². The molecule has 2 atom stereocenters. The smallest absolute Gasteiger partial charge is 0.207 e. The van der Waals surface area contributed by atoms with Gasteiger partial charge in [-0.1, -0.05) is 19.1 Å². The SMILES string of the molecule is CC/C=C\C[C@H]1C(=O)CC[C@@H]1C[N+](=O)[O-]. The molecule has 1 aliphatic rings. The lowest BCUT2D eigenvalue weighted by atomic mass is 9.92. The number of nitro groups is 1. The Balaban J connectivity index is 2.52. The first-order valence-electron chi connectivity index (χ1n) is 5.44. The molecule has 0 unspecified atom stereocenters. The Hall–Kier alpha value is -1.19. The van der Waals surface area contributed by atoms with Gasteiger partial charge in [0.1, 0.15) is 5.78 Å². The predicted octanol–water partition coefficient (Wildman–Crippen LogP) is 2.21. The normalized spacial score (nSPS) is 26.3. The summed E-state index contributed by atoms with van der Waals surface area (Å²) in [7, 11) is 0. The fraction of sp³-hybridized carbons (Fsp3) is 0.727. The highest BCUT2D eigenvalue weighted by atomic mass is 16.6. The maximum absolute atomic E-state index is 11.5. The van der Waals surface area contributed by atoms with Crippen LogP contribution in [-0.2, 0) is 4.79 Å². The molecule has 0 N–H and O–H groups in total. The Bertz CT molecular complexity index is 273. The number of Topliss-reactive ketones (excluding diaryl/α,β-unsaturated/α-hetero) is 1. The molecule has 1 rings (SSSR count). The quantitative estimate of drug-likeness (QED) is 0.398. The summed E-state index contributed by atoms with van der Waals surface area (Å²) < 4.78 is 0. The highest BCUT2D eigenvalue weighted by Crippen LogP contribution is 2.31. The molecule has 0 aromatic carbocycles. The van der Waals surface area contributed by atoms with Gasteiger partial charge in [0.25, 0.3) is 0 Å². The van der Waals surface area contributed by atoms with E-state index in [-0.39, 0.29) is 29.1 Å². The number of nitrogens with zero attached hydrogens (tertiary/aromatic N) is 1. The van der Waals surface area contributed by atoms with E-state index in [1.165, 1.54) is 0 Å². The van der Waals surface area contributed by atoms with Gasteiger partial charge in [-0.15, -0.1) is 0 Å². The number of ketones is 1. The van der Waals surface area contributed by atoms with Crippen molar-refractivity contribution in [3.8, 4) is 0 Å². The molecule has 0 aliphatic heterocycles. The zero-order valence-electron chi connectivity index (χ0n) is 9.02. The average molecular weight is 211 g/mol. The Labute approximate surface area is 89.5 Å². The standard InChI is InChI=1S/C11H17NO3/c1-2-3-4-5-10-9(8-12(14)15)6-7-11(10)13/h3-4,9-10H,2,5-8H2,1H3/b4-3-/t9-,10-/m1/s1. The van der Waals surface area contributed by atoms with Gasteiger partial charge in [0.05, 0.1) is 0 Å². The van der Waals surface area contributed by atoms with Crippen molar-refractivity contribution >= 4 is 5.78 Å². The van der Waals surface area contributed by atoms with Crippen LogP contribution in [-0.4, -0.2) is 17.3 Å². The van der Waals surface area contributed by atoms with Crippen LogP contribution in [0.25, 0.3) is 0 Å². The van der Waals surface area contributed by atoms with Gasteiger partial charge in [-0.05, 0) is 19.3 Å². The summed E-state index contributed by atoms with van der Waals surface area (Å²) in [6.45, 7) is 1.97. The van der Waals surface area contributed by atoms with Gasteiger partial charge in [-0.2, -0.15) is 0 Å².